The highest BCUT2D eigenvalue weighted by Crippen LogP contribution is 2.76. The van der Waals surface area contributed by atoms with Gasteiger partial charge in [0, 0.05) is 26.9 Å². The van der Waals surface area contributed by atoms with E-state index in [0.29, 0.717) is 66.5 Å². The Kier molecular flexibility index (Phi) is 24.2. The van der Waals surface area contributed by atoms with Gasteiger partial charge in [-0.15, -0.1) is 0 Å². The molecule has 0 aliphatic heterocycles. The lowest BCUT2D eigenvalue weighted by molar-refractivity contribution is -0.122. The lowest BCUT2D eigenvalue weighted by Gasteiger charge is -2.61. The molecule has 36 atom stereocenters. The first-order chi connectivity index (χ1) is 69.9. The van der Waals surface area contributed by atoms with E-state index in [1.807, 2.05) is 31.0 Å². The van der Waals surface area contributed by atoms with Crippen LogP contribution in [0.4, 0.5) is 0 Å². The van der Waals surface area contributed by atoms with Crippen molar-refractivity contribution in [3.05, 3.63) is 185 Å². The van der Waals surface area contributed by atoms with Crippen LogP contribution >= 0.6 is 0 Å². The van der Waals surface area contributed by atoms with Crippen LogP contribution < -0.4 is 0 Å². The Morgan fingerprint density at radius 3 is 0.897 bits per heavy atom. The maximum absolute atomic E-state index is 10.3. The summed E-state index contributed by atoms with van der Waals surface area (Å²) in [5.41, 5.74) is 23.5. The predicted molar refractivity (Wildman–Crippen MR) is 584 cm³/mol. The Balaban J connectivity index is 0.0000000923. The second-order valence-electron chi connectivity index (χ2n) is 55.7. The highest BCUT2D eigenvalue weighted by Gasteiger charge is 2.67. The first kappa shape index (κ1) is 96.7. The van der Waals surface area contributed by atoms with E-state index >= 15 is 0 Å². The molecule has 16 fully saturated rings. The van der Waals surface area contributed by atoms with Gasteiger partial charge in [-0.1, -0.05) is 135 Å². The molecule has 0 amide bonds. The van der Waals surface area contributed by atoms with Gasteiger partial charge in [0.2, 0.25) is 0 Å². The summed E-state index contributed by atoms with van der Waals surface area (Å²) in [7, 11) is 0. The molecule has 0 unspecified atom stereocenters. The fourth-order valence-corrected chi connectivity index (χ4v) is 42.4. The molecule has 0 radical (unpaired) electrons. The van der Waals surface area contributed by atoms with Crippen LogP contribution in [-0.2, 0) is 0 Å². The maximum Gasteiger partial charge on any atom is 0.0650 e. The van der Waals surface area contributed by atoms with Crippen LogP contribution in [-0.4, -0.2) is 107 Å². The number of H-pyrrole nitrogens is 5. The van der Waals surface area contributed by atoms with Crippen LogP contribution in [0.3, 0.4) is 0 Å². The summed E-state index contributed by atoms with van der Waals surface area (Å²) in [5, 5.41) is 94.0. The van der Waals surface area contributed by atoms with Crippen LogP contribution in [0.2, 0.25) is 0 Å². The van der Waals surface area contributed by atoms with Crippen molar-refractivity contribution in [3.63, 3.8) is 0 Å². The third-order valence-electron chi connectivity index (χ3n) is 50.3. The molecular formula is C130H172N10O5. The summed E-state index contributed by atoms with van der Waals surface area (Å²) in [6.45, 7) is 25.8. The standard InChI is InChI=1S/2C26H36N2O.2C26H34N2O.C26H32N2O/c5*1-25-11-9-19(29)14-18(25)4-5-20-22-7-6-21(26(22,2)12-10-23(20)25)16-3-8-24-17(13-16)15-27-28-24/h2*3,8,13,15,18-23,29H,4-7,9-12,14H2,1-2H3,(H,27,28);3,6,8,13,15,18-20,22-23,29H,4-5,7,9-12,14H2,1-2H3,(H,27,28);3-4,8,13,15,19-23,29H,5-7,9-12,14H2,1-2H3,(H,27,28);3-4,6,8,13,15,19-20,22-23,29H,5,7,9-12,14H2,1-2H3,(H,27,28)/t18-,19+,20-,21+,22-,23-,25-,26+;18-,19-,20-,21+,22-,23-,25-,26+;18-,19-,20-,22-,23-,25-,26+;19-,20-,21+,22-,23-,25-,26+;19-,20-,22-,23-,25-,26+/m00000/s1. The highest BCUT2D eigenvalue weighted by atomic mass is 16.3. The van der Waals surface area contributed by atoms with E-state index in [1.165, 1.54) is 243 Å². The molecule has 145 heavy (non-hydrogen) atoms. The number of nitrogens with one attached hydrogen (secondary N) is 5. The van der Waals surface area contributed by atoms with Crippen LogP contribution in [0.15, 0.2) is 157 Å². The van der Waals surface area contributed by atoms with Crippen LogP contribution in [0.5, 0.6) is 0 Å². The van der Waals surface area contributed by atoms with Gasteiger partial charge in [0.05, 0.1) is 89.1 Å². The third-order valence-corrected chi connectivity index (χ3v) is 50.3. The second-order valence-corrected chi connectivity index (χ2v) is 55.7. The molecule has 30 rings (SSSR count). The van der Waals surface area contributed by atoms with E-state index in [9.17, 15) is 25.5 Å². The minimum absolute atomic E-state index is 0.0350. The molecular weight excluding hydrogens is 1780 g/mol. The highest BCUT2D eigenvalue weighted by molar-refractivity contribution is 5.87. The normalized spacial score (nSPS) is 44.7. The summed E-state index contributed by atoms with van der Waals surface area (Å²) >= 11 is 0. The van der Waals surface area contributed by atoms with Gasteiger partial charge in [0.25, 0.3) is 0 Å². The fraction of sp³-hybridized carbons (Fsp3) is 0.669. The average molecular weight is 1950 g/mol. The Morgan fingerprint density at radius 2 is 0.524 bits per heavy atom. The largest absolute Gasteiger partial charge is 0.393 e. The zero-order valence-corrected chi connectivity index (χ0v) is 89.3. The Hall–Kier alpha value is -7.79. The van der Waals surface area contributed by atoms with Gasteiger partial charge in [0.1, 0.15) is 0 Å². The summed E-state index contributed by atoms with van der Waals surface area (Å²) in [5.74, 6) is 17.0. The van der Waals surface area contributed by atoms with E-state index < -0.39 is 0 Å². The summed E-state index contributed by atoms with van der Waals surface area (Å²) in [4.78, 5) is 0. The molecule has 20 aliphatic carbocycles. The van der Waals surface area contributed by atoms with Crippen molar-refractivity contribution in [2.75, 3.05) is 0 Å². The molecule has 15 nitrogen and oxygen atoms in total. The average Bonchev–Trinajstić information content (AvgIpc) is 1.63. The van der Waals surface area contributed by atoms with Crippen molar-refractivity contribution in [2.24, 2.45) is 161 Å². The van der Waals surface area contributed by atoms with Crippen molar-refractivity contribution in [2.45, 2.75) is 381 Å². The van der Waals surface area contributed by atoms with Crippen LogP contribution in [0.1, 0.15) is 378 Å². The number of aromatic nitrogens is 10. The molecule has 5 aromatic heterocycles. The minimum atomic E-state index is -0.114. The van der Waals surface area contributed by atoms with E-state index in [2.05, 4.69) is 236 Å². The molecule has 10 aromatic rings. The first-order valence-electron chi connectivity index (χ1n) is 59.3. The Morgan fingerprint density at radius 1 is 0.241 bits per heavy atom. The first-order valence-corrected chi connectivity index (χ1v) is 59.3. The van der Waals surface area contributed by atoms with Crippen molar-refractivity contribution < 1.29 is 25.5 Å². The van der Waals surface area contributed by atoms with Crippen molar-refractivity contribution in [1.29, 1.82) is 0 Å². The van der Waals surface area contributed by atoms with Gasteiger partial charge in [-0.3, -0.25) is 25.5 Å². The number of aliphatic hydroxyl groups excluding tert-OH is 5. The SMILES string of the molecule is C[C@]12CC[C@@H](O)C[C@@H]1CC[C@@H]1[C@@H]2CC[C@]2(C)[C@@H](c3ccc4[nH]ncc4c3)CC[C@@H]12.C[C@]12CC[C@H](O)CC1=CC[C@@H]1[C@@H]2CC[C@]2(C)C(c3ccc4[nH]ncc4c3)=CC[C@@H]12.C[C@]12CC[C@H](O)C[C@@H]1CC[C@@H]1[C@@H]2CC[C@]2(C)C(c3ccc4[nH]ncc4c3)=CC[C@@H]12.C[C@]12CC[C@H](O)C[C@@H]1CC[C@@H]1[C@@H]2CC[C@]2(C)[C@@H](c3ccc4[nH]ncc4c3)CC[C@@H]12.C[C@]12CC[C@H]3[C@@H](CC=C4C[C@@H](O)CC[C@@]43C)[C@@H]1CC[C@@H]2c1ccc2[nH]ncc2c1. The molecule has 10 N–H and O–H groups in total. The van der Waals surface area contributed by atoms with Gasteiger partial charge in [-0.2, -0.15) is 25.5 Å². The van der Waals surface area contributed by atoms with E-state index in [1.54, 1.807) is 33.4 Å². The molecule has 0 spiro atoms. The Labute approximate surface area is 863 Å². The van der Waals surface area contributed by atoms with Gasteiger partial charge >= 0.3 is 0 Å². The third kappa shape index (κ3) is 15.6. The van der Waals surface area contributed by atoms with E-state index in [0.717, 1.165) is 198 Å². The molecule has 772 valence electrons. The second kappa shape index (κ2) is 36.2. The number of nitrogens with zero attached hydrogens (tertiary/aromatic N) is 5. The monoisotopic (exact) mass is 1950 g/mol. The molecule has 15 heteroatoms. The summed E-state index contributed by atoms with van der Waals surface area (Å²) in [6, 6.07) is 34.6. The van der Waals surface area contributed by atoms with E-state index in [-0.39, 0.29) is 35.9 Å². The number of aliphatic hydroxyl groups is 5. The molecule has 20 aliphatic rings. The number of aromatic amines is 5. The maximum atomic E-state index is 10.3. The fourth-order valence-electron chi connectivity index (χ4n) is 42.4. The van der Waals surface area contributed by atoms with Crippen molar-refractivity contribution in [3.8, 4) is 0 Å². The molecule has 0 bridgehead atoms. The van der Waals surface area contributed by atoms with Crippen LogP contribution in [0.25, 0.3) is 65.7 Å². The van der Waals surface area contributed by atoms with E-state index in [4.69, 9.17) is 0 Å². The topological polar surface area (TPSA) is 245 Å². The number of hydrogen-bond donors (Lipinski definition) is 10. The molecule has 0 saturated heterocycles. The molecule has 5 aromatic carbocycles. The Bertz CT molecular complexity index is 6380. The lowest BCUT2D eigenvalue weighted by atomic mass is 9.44. The van der Waals surface area contributed by atoms with Crippen molar-refractivity contribution >= 4 is 65.7 Å². The summed E-state index contributed by atoms with van der Waals surface area (Å²) in [6.07, 6.45) is 70.9. The van der Waals surface area contributed by atoms with Crippen LogP contribution in [0, 0.1) is 161 Å². The van der Waals surface area contributed by atoms with Crippen molar-refractivity contribution in [1.82, 2.24) is 51.0 Å². The van der Waals surface area contributed by atoms with Gasteiger partial charge < -0.3 is 25.5 Å². The molecule has 5 heterocycles. The lowest BCUT2D eigenvalue weighted by Crippen LogP contribution is -2.53. The zero-order valence-electron chi connectivity index (χ0n) is 89.3. The summed E-state index contributed by atoms with van der Waals surface area (Å²) < 4.78 is 0. The quantitative estimate of drug-likeness (QED) is 0.0731. The number of allylic oxidation sites excluding steroid dienone is 6. The smallest absolute Gasteiger partial charge is 0.0650 e. The van der Waals surface area contributed by atoms with Gasteiger partial charge in [-0.25, -0.2) is 0 Å². The zero-order chi connectivity index (χ0) is 99.0. The van der Waals surface area contributed by atoms with Gasteiger partial charge in [0.15, 0.2) is 0 Å². The number of rotatable bonds is 5. The predicted octanol–water partition coefficient (Wildman–Crippen LogP) is 29.9. The number of hydrogen-bond acceptors (Lipinski definition) is 10. The number of fused-ring (bicyclic) bond motifs is 30. The molecule has 16 saturated carbocycles. The number of benzene rings is 5. The minimum Gasteiger partial charge on any atom is -0.393 e. The van der Waals surface area contributed by atoms with Gasteiger partial charge in [-0.05, 0) is 541 Å².